The first-order valence-electron chi connectivity index (χ1n) is 12.1. The second-order valence-corrected chi connectivity index (χ2v) is 10.7. The van der Waals surface area contributed by atoms with E-state index in [0.717, 1.165) is 29.2 Å². The molecule has 1 nitrogen and oxygen atoms in total. The number of rotatable bonds is 1. The van der Waals surface area contributed by atoms with Gasteiger partial charge in [0.15, 0.2) is 0 Å². The molecule has 1 spiro atoms. The Morgan fingerprint density at radius 1 is 0.688 bits per heavy atom. The Morgan fingerprint density at radius 3 is 2.22 bits per heavy atom. The average Bonchev–Trinajstić information content (AvgIpc) is 3.38. The molecular weight excluding hydrogens is 558 g/mol. The Morgan fingerprint density at radius 2 is 1.41 bits per heavy atom. The zero-order valence-corrected chi connectivity index (χ0v) is 21.1. The predicted octanol–water partition coefficient (Wildman–Crippen LogP) is 7.18. The molecule has 0 N–H and O–H groups in total. The van der Waals surface area contributed by atoms with Crippen molar-refractivity contribution in [2.24, 2.45) is 23.7 Å². The van der Waals surface area contributed by atoms with Crippen LogP contribution in [0.25, 0.3) is 33.2 Å². The smallest absolute Gasteiger partial charge is 0.0272 e. The van der Waals surface area contributed by atoms with Gasteiger partial charge < -0.3 is 4.98 Å². The first-order valence-corrected chi connectivity index (χ1v) is 12.1. The van der Waals surface area contributed by atoms with Crippen LogP contribution in [0.4, 0.5) is 0 Å². The summed E-state index contributed by atoms with van der Waals surface area (Å²) in [6.45, 7) is 0. The summed E-state index contributed by atoms with van der Waals surface area (Å²) in [6, 6.07) is 25.5. The molecule has 0 saturated heterocycles. The molecule has 5 aliphatic carbocycles. The van der Waals surface area contributed by atoms with Gasteiger partial charge in [-0.25, -0.2) is 0 Å². The molecule has 1 heterocycles. The summed E-state index contributed by atoms with van der Waals surface area (Å²) in [6.07, 6.45) is 9.19. The summed E-state index contributed by atoms with van der Waals surface area (Å²) >= 11 is 0. The van der Waals surface area contributed by atoms with Crippen molar-refractivity contribution >= 4 is 10.9 Å². The molecule has 32 heavy (non-hydrogen) atoms. The van der Waals surface area contributed by atoms with Gasteiger partial charge in [0.25, 0.3) is 0 Å². The van der Waals surface area contributed by atoms with Gasteiger partial charge in [0.05, 0.1) is 0 Å². The van der Waals surface area contributed by atoms with E-state index in [1.54, 1.807) is 11.1 Å². The minimum absolute atomic E-state index is 0. The Kier molecular flexibility index (Phi) is 4.06. The van der Waals surface area contributed by atoms with E-state index in [2.05, 4.69) is 71.7 Å². The van der Waals surface area contributed by atoms with Crippen molar-refractivity contribution in [1.29, 1.82) is 0 Å². The normalized spacial score (nSPS) is 31.0. The van der Waals surface area contributed by atoms with E-state index in [9.17, 15) is 0 Å². The summed E-state index contributed by atoms with van der Waals surface area (Å²) in [5.41, 5.74) is 10.4. The van der Waals surface area contributed by atoms with Gasteiger partial charge in [-0.05, 0) is 101 Å². The maximum absolute atomic E-state index is 4.48. The van der Waals surface area contributed by atoms with Crippen molar-refractivity contribution in [1.82, 2.24) is 4.98 Å². The molecular formula is C30H26NW-. The molecule has 158 valence electrons. The first kappa shape index (κ1) is 19.4. The van der Waals surface area contributed by atoms with Crippen molar-refractivity contribution < 1.29 is 21.1 Å². The topological polar surface area (TPSA) is 14.1 Å². The predicted molar refractivity (Wildman–Crippen MR) is 126 cm³/mol. The minimum atomic E-state index is 0. The van der Waals surface area contributed by atoms with Crippen LogP contribution in [0, 0.1) is 23.7 Å². The van der Waals surface area contributed by atoms with Crippen LogP contribution < -0.4 is 4.98 Å². The van der Waals surface area contributed by atoms with Crippen molar-refractivity contribution in [2.75, 3.05) is 0 Å². The Balaban J connectivity index is 0.00000180. The molecule has 5 aliphatic rings. The van der Waals surface area contributed by atoms with Gasteiger partial charge in [0, 0.05) is 26.5 Å². The summed E-state index contributed by atoms with van der Waals surface area (Å²) in [7, 11) is 0. The van der Waals surface area contributed by atoms with Crippen LogP contribution in [-0.2, 0) is 26.5 Å². The number of aromatic nitrogens is 1. The van der Waals surface area contributed by atoms with Gasteiger partial charge in [0.2, 0.25) is 0 Å². The summed E-state index contributed by atoms with van der Waals surface area (Å²) in [5, 5.41) is 1.24. The van der Waals surface area contributed by atoms with Crippen LogP contribution in [0.3, 0.4) is 0 Å². The van der Waals surface area contributed by atoms with Crippen molar-refractivity contribution in [2.45, 2.75) is 37.5 Å². The maximum Gasteiger partial charge on any atom is 0.0272 e. The van der Waals surface area contributed by atoms with E-state index < -0.39 is 0 Å². The van der Waals surface area contributed by atoms with E-state index >= 15 is 0 Å². The van der Waals surface area contributed by atoms with E-state index in [1.807, 2.05) is 6.20 Å². The zero-order chi connectivity index (χ0) is 20.2. The van der Waals surface area contributed by atoms with E-state index in [-0.39, 0.29) is 26.5 Å². The Hall–Kier alpha value is -2.11. The SMILES string of the molecule is [W].c1ccc2c(c1)-c1c(-c3ccc4[n-]ccc4c3)cccc1C21C2CC3CC(C2)CC1C3. The molecule has 1 aromatic heterocycles. The summed E-state index contributed by atoms with van der Waals surface area (Å²) < 4.78 is 0. The summed E-state index contributed by atoms with van der Waals surface area (Å²) in [5.74, 6) is 3.62. The average molecular weight is 584 g/mol. The number of nitrogens with zero attached hydrogens (tertiary/aromatic N) is 1. The number of hydrogen-bond donors (Lipinski definition) is 0. The third kappa shape index (κ3) is 2.29. The summed E-state index contributed by atoms with van der Waals surface area (Å²) in [4.78, 5) is 4.48. The van der Waals surface area contributed by atoms with Gasteiger partial charge in [-0.3, -0.25) is 0 Å². The van der Waals surface area contributed by atoms with Crippen molar-refractivity contribution in [3.05, 3.63) is 84.1 Å². The van der Waals surface area contributed by atoms with Crippen LogP contribution >= 0.6 is 0 Å². The first-order chi connectivity index (χ1) is 15.3. The molecule has 4 fully saturated rings. The van der Waals surface area contributed by atoms with Crippen molar-refractivity contribution in [3.8, 4) is 22.3 Å². The fourth-order valence-electron chi connectivity index (χ4n) is 8.61. The monoisotopic (exact) mass is 584 g/mol. The molecule has 0 unspecified atom stereocenters. The van der Waals surface area contributed by atoms with Crippen LogP contribution in [0.5, 0.6) is 0 Å². The van der Waals surface area contributed by atoms with Crippen LogP contribution in [0.1, 0.15) is 43.2 Å². The molecule has 4 saturated carbocycles. The molecule has 0 amide bonds. The molecule has 2 heteroatoms. The second-order valence-electron chi connectivity index (χ2n) is 10.7. The second kappa shape index (κ2) is 6.70. The van der Waals surface area contributed by atoms with Crippen LogP contribution in [0.2, 0.25) is 0 Å². The van der Waals surface area contributed by atoms with Crippen LogP contribution in [0.15, 0.2) is 72.9 Å². The van der Waals surface area contributed by atoms with Gasteiger partial charge in [-0.1, -0.05) is 60.7 Å². The van der Waals surface area contributed by atoms with Gasteiger partial charge in [-0.15, -0.1) is 5.52 Å². The van der Waals surface area contributed by atoms with Gasteiger partial charge in [0.1, 0.15) is 0 Å². The number of benzene rings is 3. The fourth-order valence-corrected chi connectivity index (χ4v) is 8.61. The largest absolute Gasteiger partial charge is 0.664 e. The molecule has 0 atom stereocenters. The molecule has 3 aromatic carbocycles. The van der Waals surface area contributed by atoms with Crippen molar-refractivity contribution in [3.63, 3.8) is 0 Å². The third-order valence-electron chi connectivity index (χ3n) is 9.38. The zero-order valence-electron chi connectivity index (χ0n) is 18.1. The molecule has 0 radical (unpaired) electrons. The molecule has 4 bridgehead atoms. The van der Waals surface area contributed by atoms with E-state index in [0.29, 0.717) is 0 Å². The number of fused-ring (bicyclic) bond motifs is 4. The van der Waals surface area contributed by atoms with Gasteiger partial charge in [-0.2, -0.15) is 6.20 Å². The standard InChI is InChI=1S/C30H26N.W/c1-2-6-26-25(4-1)29-24(20-8-9-28-21(17-20)10-11-31-28)5-3-7-27(29)30(26)22-13-18-12-19(15-22)16-23(30)14-18;/h1-11,17-19,22-23H,12-16H2;/q-1;. The molecule has 9 rings (SSSR count). The number of hydrogen-bond acceptors (Lipinski definition) is 0. The molecule has 0 aliphatic heterocycles. The molecule has 4 aromatic rings. The minimum Gasteiger partial charge on any atom is -0.664 e. The van der Waals surface area contributed by atoms with E-state index in [1.165, 1.54) is 59.7 Å². The quantitative estimate of drug-likeness (QED) is 0.231. The Bertz CT molecular complexity index is 1330. The third-order valence-corrected chi connectivity index (χ3v) is 9.38. The maximum atomic E-state index is 4.48. The van der Waals surface area contributed by atoms with E-state index in [4.69, 9.17) is 0 Å². The van der Waals surface area contributed by atoms with Gasteiger partial charge >= 0.3 is 0 Å². The Labute approximate surface area is 203 Å². The fraction of sp³-hybridized carbons (Fsp3) is 0.333. The van der Waals surface area contributed by atoms with Crippen LogP contribution in [-0.4, -0.2) is 0 Å².